The highest BCUT2D eigenvalue weighted by atomic mass is 16.5. The Labute approximate surface area is 129 Å². The van der Waals surface area contributed by atoms with Crippen LogP contribution in [0.15, 0.2) is 0 Å². The molecule has 1 aliphatic heterocycles. The second kappa shape index (κ2) is 8.14. The molecule has 21 heavy (non-hydrogen) atoms. The van der Waals surface area contributed by atoms with E-state index < -0.39 is 0 Å². The number of carbonyl (C=O) groups is 1. The standard InChI is InChI=1S/C17H32N2O2/c1-13(2)18-16(17(20)21-3)9-11-19-10-8-14-6-4-5-7-15(14)12-19/h13-16,18H,4-12H2,1-3H3. The molecular formula is C17H32N2O2. The fraction of sp³-hybridized carbons (Fsp3) is 0.941. The summed E-state index contributed by atoms with van der Waals surface area (Å²) < 4.78 is 4.92. The van der Waals surface area contributed by atoms with Crippen LogP contribution in [0.1, 0.15) is 52.4 Å². The van der Waals surface area contributed by atoms with E-state index >= 15 is 0 Å². The Kier molecular flexibility index (Phi) is 6.49. The monoisotopic (exact) mass is 296 g/mol. The van der Waals surface area contributed by atoms with E-state index in [0.717, 1.165) is 24.8 Å². The van der Waals surface area contributed by atoms with Crippen LogP contribution in [0.2, 0.25) is 0 Å². The molecule has 0 aromatic rings. The first-order valence-electron chi connectivity index (χ1n) is 8.66. The summed E-state index contributed by atoms with van der Waals surface area (Å²) in [5.41, 5.74) is 0. The smallest absolute Gasteiger partial charge is 0.322 e. The van der Waals surface area contributed by atoms with Gasteiger partial charge in [-0.1, -0.05) is 33.1 Å². The highest BCUT2D eigenvalue weighted by molar-refractivity contribution is 5.75. The summed E-state index contributed by atoms with van der Waals surface area (Å²) in [6.45, 7) is 7.59. The molecule has 0 bridgehead atoms. The van der Waals surface area contributed by atoms with Crippen molar-refractivity contribution < 1.29 is 9.53 Å². The molecule has 3 unspecified atom stereocenters. The molecule has 0 amide bonds. The Bertz CT molecular complexity index is 333. The van der Waals surface area contributed by atoms with Gasteiger partial charge in [-0.2, -0.15) is 0 Å². The predicted octanol–water partition coefficient (Wildman–Crippen LogP) is 2.43. The van der Waals surface area contributed by atoms with E-state index in [2.05, 4.69) is 24.1 Å². The van der Waals surface area contributed by atoms with Crippen molar-refractivity contribution >= 4 is 5.97 Å². The van der Waals surface area contributed by atoms with Gasteiger partial charge in [-0.3, -0.25) is 4.79 Å². The zero-order chi connectivity index (χ0) is 15.2. The summed E-state index contributed by atoms with van der Waals surface area (Å²) in [5, 5.41) is 3.33. The summed E-state index contributed by atoms with van der Waals surface area (Å²) >= 11 is 0. The van der Waals surface area contributed by atoms with Gasteiger partial charge in [0.25, 0.3) is 0 Å². The van der Waals surface area contributed by atoms with E-state index in [1.54, 1.807) is 0 Å². The number of likely N-dealkylation sites (tertiary alicyclic amines) is 1. The third-order valence-electron chi connectivity index (χ3n) is 5.13. The molecule has 4 heteroatoms. The number of rotatable bonds is 6. The Morgan fingerprint density at radius 2 is 1.95 bits per heavy atom. The van der Waals surface area contributed by atoms with Gasteiger partial charge in [-0.15, -0.1) is 0 Å². The van der Waals surface area contributed by atoms with Crippen LogP contribution in [-0.4, -0.2) is 49.7 Å². The van der Waals surface area contributed by atoms with Crippen LogP contribution in [0.5, 0.6) is 0 Å². The normalized spacial score (nSPS) is 28.2. The van der Waals surface area contributed by atoms with Crippen molar-refractivity contribution in [1.82, 2.24) is 10.2 Å². The number of fused-ring (bicyclic) bond motifs is 1. The van der Waals surface area contributed by atoms with Crippen LogP contribution < -0.4 is 5.32 Å². The molecule has 1 saturated heterocycles. The SMILES string of the molecule is COC(=O)C(CCN1CCC2CCCCC2C1)NC(C)C. The van der Waals surface area contributed by atoms with E-state index in [0.29, 0.717) is 6.04 Å². The van der Waals surface area contributed by atoms with Crippen molar-refractivity contribution in [3.05, 3.63) is 0 Å². The second-order valence-electron chi connectivity index (χ2n) is 7.08. The number of nitrogens with one attached hydrogen (secondary N) is 1. The fourth-order valence-corrected chi connectivity index (χ4v) is 4.00. The molecule has 0 radical (unpaired) electrons. The van der Waals surface area contributed by atoms with Gasteiger partial charge in [0.1, 0.15) is 6.04 Å². The molecule has 122 valence electrons. The van der Waals surface area contributed by atoms with Gasteiger partial charge < -0.3 is 15.0 Å². The second-order valence-corrected chi connectivity index (χ2v) is 7.08. The number of methoxy groups -OCH3 is 1. The van der Waals surface area contributed by atoms with Crippen LogP contribution in [0.4, 0.5) is 0 Å². The largest absolute Gasteiger partial charge is 0.468 e. The highest BCUT2D eigenvalue weighted by Gasteiger charge is 2.31. The van der Waals surface area contributed by atoms with Gasteiger partial charge in [-0.25, -0.2) is 0 Å². The first-order valence-corrected chi connectivity index (χ1v) is 8.66. The molecule has 2 fully saturated rings. The number of esters is 1. The molecule has 0 spiro atoms. The fourth-order valence-electron chi connectivity index (χ4n) is 4.00. The first kappa shape index (κ1) is 16.8. The van der Waals surface area contributed by atoms with Crippen LogP contribution in [-0.2, 0) is 9.53 Å². The van der Waals surface area contributed by atoms with Crippen LogP contribution in [0.3, 0.4) is 0 Å². The highest BCUT2D eigenvalue weighted by Crippen LogP contribution is 2.35. The van der Waals surface area contributed by atoms with Gasteiger partial charge >= 0.3 is 5.97 Å². The van der Waals surface area contributed by atoms with E-state index in [1.807, 2.05) is 0 Å². The predicted molar refractivity (Wildman–Crippen MR) is 85.2 cm³/mol. The average molecular weight is 296 g/mol. The summed E-state index contributed by atoms with van der Waals surface area (Å²) in [6.07, 6.45) is 7.90. The molecular weight excluding hydrogens is 264 g/mol. The van der Waals surface area contributed by atoms with Gasteiger partial charge in [0, 0.05) is 19.1 Å². The van der Waals surface area contributed by atoms with Crippen molar-refractivity contribution in [3.63, 3.8) is 0 Å². The van der Waals surface area contributed by atoms with Crippen molar-refractivity contribution in [2.75, 3.05) is 26.7 Å². The number of carbonyl (C=O) groups excluding carboxylic acids is 1. The minimum absolute atomic E-state index is 0.128. The maximum absolute atomic E-state index is 11.8. The molecule has 0 aromatic carbocycles. The Morgan fingerprint density at radius 3 is 2.62 bits per heavy atom. The van der Waals surface area contributed by atoms with Crippen molar-refractivity contribution in [3.8, 4) is 0 Å². The molecule has 4 nitrogen and oxygen atoms in total. The van der Waals surface area contributed by atoms with Crippen LogP contribution in [0.25, 0.3) is 0 Å². The van der Waals surface area contributed by atoms with Crippen molar-refractivity contribution in [2.24, 2.45) is 11.8 Å². The Balaban J connectivity index is 1.79. The summed E-state index contributed by atoms with van der Waals surface area (Å²) in [6, 6.07) is 0.136. The zero-order valence-electron chi connectivity index (χ0n) is 13.9. The number of nitrogens with zero attached hydrogens (tertiary/aromatic N) is 1. The molecule has 2 aliphatic rings. The lowest BCUT2D eigenvalue weighted by molar-refractivity contribution is -0.143. The van der Waals surface area contributed by atoms with Crippen LogP contribution in [0, 0.1) is 11.8 Å². The molecule has 3 atom stereocenters. The van der Waals surface area contributed by atoms with Gasteiger partial charge in [0.15, 0.2) is 0 Å². The average Bonchev–Trinajstić information content (AvgIpc) is 2.50. The lowest BCUT2D eigenvalue weighted by Crippen LogP contribution is -2.46. The van der Waals surface area contributed by atoms with Crippen molar-refractivity contribution in [2.45, 2.75) is 64.5 Å². The summed E-state index contributed by atoms with van der Waals surface area (Å²) in [5.74, 6) is 1.75. The molecule has 1 saturated carbocycles. The van der Waals surface area contributed by atoms with E-state index in [1.165, 1.54) is 52.3 Å². The molecule has 1 N–H and O–H groups in total. The third-order valence-corrected chi connectivity index (χ3v) is 5.13. The maximum Gasteiger partial charge on any atom is 0.322 e. The Morgan fingerprint density at radius 1 is 1.24 bits per heavy atom. The number of hydrogen-bond acceptors (Lipinski definition) is 4. The minimum Gasteiger partial charge on any atom is -0.468 e. The maximum atomic E-state index is 11.8. The van der Waals surface area contributed by atoms with Gasteiger partial charge in [-0.05, 0) is 37.6 Å². The lowest BCUT2D eigenvalue weighted by atomic mass is 9.75. The van der Waals surface area contributed by atoms with E-state index in [-0.39, 0.29) is 12.0 Å². The molecule has 2 rings (SSSR count). The number of ether oxygens (including phenoxy) is 1. The number of piperidine rings is 1. The van der Waals surface area contributed by atoms with Gasteiger partial charge in [0.05, 0.1) is 7.11 Å². The quantitative estimate of drug-likeness (QED) is 0.764. The van der Waals surface area contributed by atoms with Crippen molar-refractivity contribution in [1.29, 1.82) is 0 Å². The number of hydrogen-bond donors (Lipinski definition) is 1. The van der Waals surface area contributed by atoms with Crippen LogP contribution >= 0.6 is 0 Å². The zero-order valence-corrected chi connectivity index (χ0v) is 13.9. The summed E-state index contributed by atoms with van der Waals surface area (Å²) in [7, 11) is 1.48. The molecule has 1 heterocycles. The Hall–Kier alpha value is -0.610. The summed E-state index contributed by atoms with van der Waals surface area (Å²) in [4.78, 5) is 14.4. The van der Waals surface area contributed by atoms with E-state index in [9.17, 15) is 4.79 Å². The van der Waals surface area contributed by atoms with E-state index in [4.69, 9.17) is 4.74 Å². The topological polar surface area (TPSA) is 41.6 Å². The lowest BCUT2D eigenvalue weighted by Gasteiger charge is -2.41. The molecule has 0 aromatic heterocycles. The first-order chi connectivity index (χ1) is 10.1. The minimum atomic E-state index is -0.168. The van der Waals surface area contributed by atoms with Gasteiger partial charge in [0.2, 0.25) is 0 Å². The molecule has 1 aliphatic carbocycles. The third kappa shape index (κ3) is 4.96.